The van der Waals surface area contributed by atoms with Crippen molar-refractivity contribution in [3.8, 4) is 44.9 Å². The van der Waals surface area contributed by atoms with Crippen LogP contribution < -0.4 is 0 Å². The highest BCUT2D eigenvalue weighted by Gasteiger charge is 2.24. The molecule has 44 heavy (non-hydrogen) atoms. The third-order valence-electron chi connectivity index (χ3n) is 9.58. The first-order valence-corrected chi connectivity index (χ1v) is 16.6. The molecule has 0 aliphatic heterocycles. The van der Waals surface area contributed by atoms with Crippen molar-refractivity contribution in [2.75, 3.05) is 0 Å². The standard InChI is InChI=1S/C40H42N4/c1-27-23-28(2)25-34(24-27)36-16-10-9-15-35(36)29-17-19-30(20-18-29)37-22-21-33(26-41-37)40-43-38(31-11-5-3-6-12-31)42-39(44-40)32-13-7-4-8-14-32/h9-10,15-26,31-32H,3-8,11-14H2,1-2H3. The Kier molecular flexibility index (Phi) is 8.33. The monoisotopic (exact) mass is 578 g/mol. The third-order valence-corrected chi connectivity index (χ3v) is 9.58. The Bertz CT molecular complexity index is 1670. The summed E-state index contributed by atoms with van der Waals surface area (Å²) in [5, 5.41) is 0. The molecule has 0 amide bonds. The molecule has 2 heterocycles. The quantitative estimate of drug-likeness (QED) is 0.201. The highest BCUT2D eigenvalue weighted by molar-refractivity contribution is 5.84. The largest absolute Gasteiger partial charge is 0.255 e. The summed E-state index contributed by atoms with van der Waals surface area (Å²) in [7, 11) is 0. The van der Waals surface area contributed by atoms with Crippen LogP contribution in [0.2, 0.25) is 0 Å². The molecule has 0 N–H and O–H groups in total. The van der Waals surface area contributed by atoms with E-state index in [4.69, 9.17) is 19.9 Å². The fraction of sp³-hybridized carbons (Fsp3) is 0.350. The molecule has 0 radical (unpaired) electrons. The van der Waals surface area contributed by atoms with E-state index in [1.807, 2.05) is 6.20 Å². The maximum Gasteiger partial charge on any atom is 0.164 e. The van der Waals surface area contributed by atoms with Gasteiger partial charge in [-0.05, 0) is 73.9 Å². The Labute approximate surface area is 262 Å². The van der Waals surface area contributed by atoms with Crippen LogP contribution in [0.5, 0.6) is 0 Å². The van der Waals surface area contributed by atoms with E-state index in [9.17, 15) is 0 Å². The summed E-state index contributed by atoms with van der Waals surface area (Å²) in [6.45, 7) is 4.33. The van der Waals surface area contributed by atoms with Gasteiger partial charge in [0.1, 0.15) is 11.6 Å². The summed E-state index contributed by atoms with van der Waals surface area (Å²) in [5.74, 6) is 3.72. The maximum atomic E-state index is 5.10. The van der Waals surface area contributed by atoms with E-state index < -0.39 is 0 Å². The lowest BCUT2D eigenvalue weighted by Crippen LogP contribution is -2.16. The van der Waals surface area contributed by atoms with Crippen molar-refractivity contribution in [2.24, 2.45) is 0 Å². The molecule has 2 aromatic heterocycles. The van der Waals surface area contributed by atoms with Crippen LogP contribution in [-0.4, -0.2) is 19.9 Å². The first-order chi connectivity index (χ1) is 21.6. The number of pyridine rings is 1. The Morgan fingerprint density at radius 2 is 1.02 bits per heavy atom. The van der Waals surface area contributed by atoms with Crippen LogP contribution in [0.15, 0.2) is 85.1 Å². The highest BCUT2D eigenvalue weighted by Crippen LogP contribution is 2.36. The molecule has 2 fully saturated rings. The van der Waals surface area contributed by atoms with Crippen LogP contribution in [0.3, 0.4) is 0 Å². The van der Waals surface area contributed by atoms with Crippen molar-refractivity contribution in [2.45, 2.75) is 89.9 Å². The van der Waals surface area contributed by atoms with Crippen molar-refractivity contribution in [1.29, 1.82) is 0 Å². The predicted octanol–water partition coefficient (Wildman–Crippen LogP) is 10.6. The van der Waals surface area contributed by atoms with Crippen molar-refractivity contribution in [1.82, 2.24) is 19.9 Å². The molecule has 0 unspecified atom stereocenters. The van der Waals surface area contributed by atoms with Gasteiger partial charge in [-0.15, -0.1) is 0 Å². The van der Waals surface area contributed by atoms with E-state index in [0.29, 0.717) is 11.8 Å². The highest BCUT2D eigenvalue weighted by atomic mass is 15.0. The van der Waals surface area contributed by atoms with Gasteiger partial charge in [0.05, 0.1) is 5.69 Å². The zero-order valence-electron chi connectivity index (χ0n) is 26.1. The van der Waals surface area contributed by atoms with Gasteiger partial charge >= 0.3 is 0 Å². The SMILES string of the molecule is Cc1cc(C)cc(-c2ccccc2-c2ccc(-c3ccc(-c4nc(C5CCCCC5)nc(C5CCCCC5)n4)cn3)cc2)c1. The first kappa shape index (κ1) is 28.6. The molecule has 0 saturated heterocycles. The second kappa shape index (κ2) is 12.8. The third kappa shape index (κ3) is 6.22. The van der Waals surface area contributed by atoms with Gasteiger partial charge in [0.15, 0.2) is 5.82 Å². The summed E-state index contributed by atoms with van der Waals surface area (Å²) in [4.78, 5) is 20.1. The van der Waals surface area contributed by atoms with E-state index in [-0.39, 0.29) is 0 Å². The molecular formula is C40H42N4. The van der Waals surface area contributed by atoms with Gasteiger partial charge in [-0.1, -0.05) is 116 Å². The van der Waals surface area contributed by atoms with Gasteiger partial charge < -0.3 is 0 Å². The fourth-order valence-electron chi connectivity index (χ4n) is 7.26. The number of rotatable bonds is 6. The normalized spacial score (nSPS) is 16.2. The minimum Gasteiger partial charge on any atom is -0.255 e. The van der Waals surface area contributed by atoms with E-state index >= 15 is 0 Å². The van der Waals surface area contributed by atoms with Crippen molar-refractivity contribution in [3.05, 3.63) is 108 Å². The molecule has 0 bridgehead atoms. The number of hydrogen-bond acceptors (Lipinski definition) is 4. The topological polar surface area (TPSA) is 51.6 Å². The van der Waals surface area contributed by atoms with Gasteiger partial charge in [-0.25, -0.2) is 15.0 Å². The van der Waals surface area contributed by atoms with E-state index in [2.05, 4.69) is 92.7 Å². The smallest absolute Gasteiger partial charge is 0.164 e. The summed E-state index contributed by atoms with van der Waals surface area (Å²) in [6.07, 6.45) is 14.5. The van der Waals surface area contributed by atoms with Gasteiger partial charge in [0.2, 0.25) is 0 Å². The second-order valence-corrected chi connectivity index (χ2v) is 13.0. The van der Waals surface area contributed by atoms with Crippen molar-refractivity contribution < 1.29 is 0 Å². The van der Waals surface area contributed by atoms with Crippen LogP contribution in [0, 0.1) is 13.8 Å². The lowest BCUT2D eigenvalue weighted by Gasteiger charge is -2.24. The molecule has 4 nitrogen and oxygen atoms in total. The average molecular weight is 579 g/mol. The number of benzene rings is 3. The molecule has 2 saturated carbocycles. The summed E-state index contributed by atoms with van der Waals surface area (Å²) >= 11 is 0. The molecule has 222 valence electrons. The van der Waals surface area contributed by atoms with E-state index in [0.717, 1.165) is 34.3 Å². The Morgan fingerprint density at radius 1 is 0.500 bits per heavy atom. The van der Waals surface area contributed by atoms with Crippen molar-refractivity contribution in [3.63, 3.8) is 0 Å². The average Bonchev–Trinajstić information content (AvgIpc) is 3.08. The van der Waals surface area contributed by atoms with Crippen LogP contribution in [0.1, 0.15) is 98.8 Å². The van der Waals surface area contributed by atoms with Crippen LogP contribution in [0.25, 0.3) is 44.9 Å². The van der Waals surface area contributed by atoms with Gasteiger partial charge in [0, 0.05) is 29.2 Å². The van der Waals surface area contributed by atoms with Gasteiger partial charge in [0.25, 0.3) is 0 Å². The molecule has 3 aromatic carbocycles. The molecule has 5 aromatic rings. The second-order valence-electron chi connectivity index (χ2n) is 13.0. The lowest BCUT2D eigenvalue weighted by molar-refractivity contribution is 0.409. The Morgan fingerprint density at radius 3 is 1.57 bits per heavy atom. The van der Waals surface area contributed by atoms with Crippen molar-refractivity contribution >= 4 is 0 Å². The van der Waals surface area contributed by atoms with Gasteiger partial charge in [-0.2, -0.15) is 0 Å². The molecule has 4 heteroatoms. The molecule has 0 atom stereocenters. The molecule has 0 spiro atoms. The number of aromatic nitrogens is 4. The molecular weight excluding hydrogens is 536 g/mol. The zero-order chi connectivity index (χ0) is 29.9. The lowest BCUT2D eigenvalue weighted by atomic mass is 9.87. The maximum absolute atomic E-state index is 5.10. The van der Waals surface area contributed by atoms with Crippen LogP contribution >= 0.6 is 0 Å². The Balaban J connectivity index is 1.16. The first-order valence-electron chi connectivity index (χ1n) is 16.6. The molecule has 2 aliphatic carbocycles. The fourth-order valence-corrected chi connectivity index (χ4v) is 7.26. The number of hydrogen-bond donors (Lipinski definition) is 0. The van der Waals surface area contributed by atoms with Gasteiger partial charge in [-0.3, -0.25) is 4.98 Å². The zero-order valence-corrected chi connectivity index (χ0v) is 26.1. The minimum absolute atomic E-state index is 0.457. The van der Waals surface area contributed by atoms with Crippen LogP contribution in [-0.2, 0) is 0 Å². The van der Waals surface area contributed by atoms with E-state index in [1.54, 1.807) is 0 Å². The molecule has 7 rings (SSSR count). The summed E-state index contributed by atoms with van der Waals surface area (Å²) < 4.78 is 0. The summed E-state index contributed by atoms with van der Waals surface area (Å²) in [6, 6.07) is 28.5. The minimum atomic E-state index is 0.457. The van der Waals surface area contributed by atoms with E-state index in [1.165, 1.54) is 97.6 Å². The number of aryl methyl sites for hydroxylation is 2. The van der Waals surface area contributed by atoms with Crippen LogP contribution in [0.4, 0.5) is 0 Å². The number of nitrogens with zero attached hydrogens (tertiary/aromatic N) is 4. The predicted molar refractivity (Wildman–Crippen MR) is 180 cm³/mol. The Hall–Kier alpha value is -4.18. The summed E-state index contributed by atoms with van der Waals surface area (Å²) in [5.41, 5.74) is 10.6. The molecule has 2 aliphatic rings.